The predicted molar refractivity (Wildman–Crippen MR) is 75.4 cm³/mol. The molecule has 6 heteroatoms. The Bertz CT molecular complexity index is 566. The van der Waals surface area contributed by atoms with Crippen LogP contribution in [0.3, 0.4) is 0 Å². The maximum Gasteiger partial charge on any atom is 0.258 e. The van der Waals surface area contributed by atoms with Gasteiger partial charge in [-0.3, -0.25) is 9.89 Å². The summed E-state index contributed by atoms with van der Waals surface area (Å²) in [6, 6.07) is 5.49. The quantitative estimate of drug-likeness (QED) is 0.903. The number of hydrogen-bond acceptors (Lipinski definition) is 3. The van der Waals surface area contributed by atoms with E-state index in [-0.39, 0.29) is 5.91 Å². The van der Waals surface area contributed by atoms with E-state index in [2.05, 4.69) is 15.5 Å². The summed E-state index contributed by atoms with van der Waals surface area (Å²) in [6.45, 7) is 0.759. The molecule has 1 amide bonds. The van der Waals surface area contributed by atoms with Crippen LogP contribution in [-0.2, 0) is 6.54 Å². The third kappa shape index (κ3) is 3.56. The summed E-state index contributed by atoms with van der Waals surface area (Å²) in [7, 11) is 3.95. The highest BCUT2D eigenvalue weighted by Crippen LogP contribution is 2.22. The topological polar surface area (TPSA) is 61.0 Å². The van der Waals surface area contributed by atoms with Crippen molar-refractivity contribution in [2.24, 2.45) is 0 Å². The van der Waals surface area contributed by atoms with Crippen LogP contribution in [0.1, 0.15) is 15.9 Å². The van der Waals surface area contributed by atoms with Gasteiger partial charge < -0.3 is 10.2 Å². The number of aromatic amines is 1. The summed E-state index contributed by atoms with van der Waals surface area (Å²) in [5, 5.41) is 9.73. The van der Waals surface area contributed by atoms with Crippen LogP contribution in [0.4, 0.5) is 5.69 Å². The molecule has 0 atom stereocenters. The number of rotatable bonds is 4. The number of carbonyl (C=O) groups is 1. The fourth-order valence-electron chi connectivity index (χ4n) is 1.67. The highest BCUT2D eigenvalue weighted by molar-refractivity contribution is 6.31. The van der Waals surface area contributed by atoms with Gasteiger partial charge >= 0.3 is 0 Å². The van der Waals surface area contributed by atoms with Crippen LogP contribution in [0.25, 0.3) is 0 Å². The molecule has 1 heterocycles. The van der Waals surface area contributed by atoms with Gasteiger partial charge in [-0.25, -0.2) is 0 Å². The first-order valence-corrected chi connectivity index (χ1v) is 6.17. The normalized spacial score (nSPS) is 10.7. The Morgan fingerprint density at radius 3 is 2.84 bits per heavy atom. The van der Waals surface area contributed by atoms with Crippen LogP contribution >= 0.6 is 11.6 Å². The fourth-order valence-corrected chi connectivity index (χ4v) is 1.91. The molecule has 2 rings (SSSR count). The number of hydrogen-bond donors (Lipinski definition) is 2. The maximum atomic E-state index is 11.8. The summed E-state index contributed by atoms with van der Waals surface area (Å²) in [5.41, 5.74) is 2.17. The number of nitrogens with zero attached hydrogens (tertiary/aromatic N) is 2. The van der Waals surface area contributed by atoms with Gasteiger partial charge in [-0.2, -0.15) is 5.10 Å². The molecule has 0 aliphatic heterocycles. The van der Waals surface area contributed by atoms with Gasteiger partial charge in [-0.15, -0.1) is 0 Å². The molecule has 0 aliphatic carbocycles. The van der Waals surface area contributed by atoms with Crippen LogP contribution < -0.4 is 5.32 Å². The highest BCUT2D eigenvalue weighted by Gasteiger charge is 2.08. The monoisotopic (exact) mass is 278 g/mol. The van der Waals surface area contributed by atoms with Crippen LogP contribution in [0.15, 0.2) is 30.6 Å². The molecule has 0 radical (unpaired) electrons. The van der Waals surface area contributed by atoms with Crippen LogP contribution in [0.2, 0.25) is 5.02 Å². The van der Waals surface area contributed by atoms with Crippen molar-refractivity contribution in [3.8, 4) is 0 Å². The van der Waals surface area contributed by atoms with E-state index in [1.54, 1.807) is 6.07 Å². The van der Waals surface area contributed by atoms with E-state index < -0.39 is 0 Å². The minimum absolute atomic E-state index is 0.217. The lowest BCUT2D eigenvalue weighted by atomic mass is 10.2. The van der Waals surface area contributed by atoms with Gasteiger partial charge in [0.2, 0.25) is 0 Å². The zero-order valence-corrected chi connectivity index (χ0v) is 11.5. The first-order valence-electron chi connectivity index (χ1n) is 5.79. The molecule has 5 nitrogen and oxygen atoms in total. The second-order valence-electron chi connectivity index (χ2n) is 4.49. The molecule has 0 aliphatic rings. The molecule has 2 N–H and O–H groups in total. The molecule has 0 bridgehead atoms. The van der Waals surface area contributed by atoms with E-state index in [1.165, 1.54) is 12.4 Å². The highest BCUT2D eigenvalue weighted by atomic mass is 35.5. The van der Waals surface area contributed by atoms with Gasteiger partial charge in [0.15, 0.2) is 0 Å². The molecule has 100 valence electrons. The lowest BCUT2D eigenvalue weighted by Gasteiger charge is -2.12. The summed E-state index contributed by atoms with van der Waals surface area (Å²) in [6.07, 6.45) is 3.01. The van der Waals surface area contributed by atoms with Gasteiger partial charge in [0, 0.05) is 23.5 Å². The summed E-state index contributed by atoms with van der Waals surface area (Å²) < 4.78 is 0. The molecule has 0 spiro atoms. The first-order chi connectivity index (χ1) is 9.06. The Morgan fingerprint density at radius 1 is 1.47 bits per heavy atom. The molecular weight excluding hydrogens is 264 g/mol. The van der Waals surface area contributed by atoms with E-state index in [0.717, 1.165) is 12.1 Å². The summed E-state index contributed by atoms with van der Waals surface area (Å²) in [5.74, 6) is -0.217. The number of aromatic nitrogens is 2. The minimum atomic E-state index is -0.217. The Balaban J connectivity index is 2.10. The number of halogens is 1. The van der Waals surface area contributed by atoms with E-state index in [0.29, 0.717) is 16.3 Å². The number of benzene rings is 1. The second kappa shape index (κ2) is 5.86. The van der Waals surface area contributed by atoms with Crippen molar-refractivity contribution in [1.82, 2.24) is 15.1 Å². The van der Waals surface area contributed by atoms with Crippen LogP contribution in [-0.4, -0.2) is 35.1 Å². The van der Waals surface area contributed by atoms with Crippen molar-refractivity contribution in [2.45, 2.75) is 6.54 Å². The average molecular weight is 279 g/mol. The van der Waals surface area contributed by atoms with Crippen molar-refractivity contribution in [2.75, 3.05) is 19.4 Å². The molecule has 1 aromatic carbocycles. The Hall–Kier alpha value is -1.85. The molecule has 0 saturated carbocycles. The Kier molecular flexibility index (Phi) is 4.19. The maximum absolute atomic E-state index is 11.8. The third-order valence-corrected chi connectivity index (χ3v) is 2.91. The fraction of sp³-hybridized carbons (Fsp3) is 0.231. The van der Waals surface area contributed by atoms with Gasteiger partial charge in [0.25, 0.3) is 5.91 Å². The lowest BCUT2D eigenvalue weighted by molar-refractivity contribution is 0.102. The Morgan fingerprint density at radius 2 is 2.26 bits per heavy atom. The van der Waals surface area contributed by atoms with E-state index in [9.17, 15) is 4.79 Å². The number of amides is 1. The molecule has 19 heavy (non-hydrogen) atoms. The average Bonchev–Trinajstić information content (AvgIpc) is 2.86. The van der Waals surface area contributed by atoms with Gasteiger partial charge in [0.05, 0.1) is 11.8 Å². The van der Waals surface area contributed by atoms with Crippen LogP contribution in [0, 0.1) is 0 Å². The van der Waals surface area contributed by atoms with E-state index >= 15 is 0 Å². The zero-order valence-electron chi connectivity index (χ0n) is 10.8. The Labute approximate surface area is 116 Å². The van der Waals surface area contributed by atoms with Crippen molar-refractivity contribution in [1.29, 1.82) is 0 Å². The molecule has 0 unspecified atom stereocenters. The molecule has 1 aromatic heterocycles. The molecular formula is C13H15ClN4O. The second-order valence-corrected chi connectivity index (χ2v) is 4.89. The number of carbonyl (C=O) groups excluding carboxylic acids is 1. The van der Waals surface area contributed by atoms with Crippen molar-refractivity contribution >= 4 is 23.2 Å². The molecule has 0 fully saturated rings. The van der Waals surface area contributed by atoms with Gasteiger partial charge in [-0.05, 0) is 31.8 Å². The number of H-pyrrole nitrogens is 1. The SMILES string of the molecule is CN(C)Cc1ccc(NC(=O)c2cn[nH]c2)cc1Cl. The number of anilines is 1. The van der Waals surface area contributed by atoms with Gasteiger partial charge in [0.1, 0.15) is 0 Å². The third-order valence-electron chi connectivity index (χ3n) is 2.56. The largest absolute Gasteiger partial charge is 0.322 e. The molecule has 0 saturated heterocycles. The summed E-state index contributed by atoms with van der Waals surface area (Å²) in [4.78, 5) is 13.9. The van der Waals surface area contributed by atoms with Crippen LogP contribution in [0.5, 0.6) is 0 Å². The predicted octanol–water partition coefficient (Wildman–Crippen LogP) is 2.38. The minimum Gasteiger partial charge on any atom is -0.322 e. The smallest absolute Gasteiger partial charge is 0.258 e. The van der Waals surface area contributed by atoms with E-state index in [4.69, 9.17) is 11.6 Å². The summed E-state index contributed by atoms with van der Waals surface area (Å²) >= 11 is 6.19. The standard InChI is InChI=1S/C13H15ClN4O/c1-18(2)8-9-3-4-11(5-12(9)14)17-13(19)10-6-15-16-7-10/h3-7H,8H2,1-2H3,(H,15,16)(H,17,19). The van der Waals surface area contributed by atoms with Crippen molar-refractivity contribution in [3.05, 3.63) is 46.7 Å². The van der Waals surface area contributed by atoms with Crippen molar-refractivity contribution in [3.63, 3.8) is 0 Å². The molecule has 2 aromatic rings. The van der Waals surface area contributed by atoms with Crippen molar-refractivity contribution < 1.29 is 4.79 Å². The first kappa shape index (κ1) is 13.6. The zero-order chi connectivity index (χ0) is 13.8. The van der Waals surface area contributed by atoms with E-state index in [1.807, 2.05) is 31.1 Å². The number of nitrogens with one attached hydrogen (secondary N) is 2. The lowest BCUT2D eigenvalue weighted by Crippen LogP contribution is -2.13. The van der Waals surface area contributed by atoms with Gasteiger partial charge in [-0.1, -0.05) is 17.7 Å².